The maximum atomic E-state index is 5.50. The van der Waals surface area contributed by atoms with E-state index in [-0.39, 0.29) is 12.1 Å². The van der Waals surface area contributed by atoms with Crippen molar-refractivity contribution in [3.05, 3.63) is 41.5 Å². The Morgan fingerprint density at radius 1 is 1.38 bits per heavy atom. The maximum absolute atomic E-state index is 5.50. The fourth-order valence-electron chi connectivity index (χ4n) is 2.46. The summed E-state index contributed by atoms with van der Waals surface area (Å²) in [6, 6.07) is 4.33. The molecular weight excluding hydrogens is 264 g/mol. The van der Waals surface area contributed by atoms with Gasteiger partial charge in [-0.3, -0.25) is 9.67 Å². The minimum atomic E-state index is -0.0326. The van der Waals surface area contributed by atoms with Crippen LogP contribution >= 0.6 is 0 Å². The van der Waals surface area contributed by atoms with Crippen molar-refractivity contribution in [3.8, 4) is 5.75 Å². The predicted octanol–water partition coefficient (Wildman–Crippen LogP) is 2.87. The van der Waals surface area contributed by atoms with Gasteiger partial charge in [-0.05, 0) is 45.0 Å². The second-order valence-corrected chi connectivity index (χ2v) is 5.39. The molecule has 0 amide bonds. The van der Waals surface area contributed by atoms with Gasteiger partial charge >= 0.3 is 0 Å². The lowest BCUT2D eigenvalue weighted by atomic mass is 10.1. The molecule has 1 N–H and O–H groups in total. The fourth-order valence-corrected chi connectivity index (χ4v) is 2.46. The minimum Gasteiger partial charge on any atom is -0.493 e. The number of methoxy groups -OCH3 is 1. The second kappa shape index (κ2) is 6.72. The number of rotatable bonds is 6. The molecule has 0 spiro atoms. The van der Waals surface area contributed by atoms with Crippen molar-refractivity contribution in [2.45, 2.75) is 39.8 Å². The summed E-state index contributed by atoms with van der Waals surface area (Å²) >= 11 is 0. The summed E-state index contributed by atoms with van der Waals surface area (Å²) in [6.07, 6.45) is 3.62. The zero-order chi connectivity index (χ0) is 15.4. The average molecular weight is 288 g/mol. The summed E-state index contributed by atoms with van der Waals surface area (Å²) < 4.78 is 7.50. The molecule has 5 heteroatoms. The Labute approximate surface area is 126 Å². The monoisotopic (exact) mass is 288 g/mol. The van der Waals surface area contributed by atoms with Crippen molar-refractivity contribution < 1.29 is 4.74 Å². The summed E-state index contributed by atoms with van der Waals surface area (Å²) in [5.74, 6) is 0.790. The first-order valence-electron chi connectivity index (χ1n) is 7.35. The van der Waals surface area contributed by atoms with Crippen LogP contribution in [0.1, 0.15) is 49.8 Å². The molecule has 1 atom stereocenters. The Bertz CT molecular complexity index is 592. The van der Waals surface area contributed by atoms with E-state index in [1.54, 1.807) is 13.3 Å². The SMILES string of the molecule is CCNC(c1cc(C)ccn1)c1c(OC)cnn1C(C)C. The van der Waals surface area contributed by atoms with Gasteiger partial charge in [0.05, 0.1) is 25.0 Å². The van der Waals surface area contributed by atoms with Crippen LogP contribution in [-0.4, -0.2) is 28.4 Å². The largest absolute Gasteiger partial charge is 0.493 e. The van der Waals surface area contributed by atoms with E-state index in [4.69, 9.17) is 4.74 Å². The lowest BCUT2D eigenvalue weighted by Gasteiger charge is -2.22. The molecule has 0 fully saturated rings. The highest BCUT2D eigenvalue weighted by Crippen LogP contribution is 2.31. The van der Waals surface area contributed by atoms with Gasteiger partial charge in [-0.2, -0.15) is 5.10 Å². The molecule has 0 aliphatic heterocycles. The molecule has 2 heterocycles. The summed E-state index contributed by atoms with van der Waals surface area (Å²) in [7, 11) is 1.68. The lowest BCUT2D eigenvalue weighted by Crippen LogP contribution is -2.26. The van der Waals surface area contributed by atoms with Crippen LogP contribution in [0.15, 0.2) is 24.5 Å². The topological polar surface area (TPSA) is 52.0 Å². The fraction of sp³-hybridized carbons (Fsp3) is 0.500. The molecule has 21 heavy (non-hydrogen) atoms. The van der Waals surface area contributed by atoms with E-state index < -0.39 is 0 Å². The third-order valence-corrected chi connectivity index (χ3v) is 3.42. The Hall–Kier alpha value is -1.88. The number of pyridine rings is 1. The average Bonchev–Trinajstić information content (AvgIpc) is 2.88. The van der Waals surface area contributed by atoms with E-state index in [0.717, 1.165) is 23.7 Å². The second-order valence-electron chi connectivity index (χ2n) is 5.39. The quantitative estimate of drug-likeness (QED) is 0.888. The van der Waals surface area contributed by atoms with Gasteiger partial charge in [0, 0.05) is 12.2 Å². The highest BCUT2D eigenvalue weighted by atomic mass is 16.5. The van der Waals surface area contributed by atoms with E-state index in [1.165, 1.54) is 5.56 Å². The molecule has 114 valence electrons. The lowest BCUT2D eigenvalue weighted by molar-refractivity contribution is 0.393. The van der Waals surface area contributed by atoms with Gasteiger partial charge in [0.2, 0.25) is 0 Å². The van der Waals surface area contributed by atoms with Crippen LogP contribution in [0.25, 0.3) is 0 Å². The van der Waals surface area contributed by atoms with Crippen LogP contribution in [0.3, 0.4) is 0 Å². The Morgan fingerprint density at radius 3 is 2.71 bits per heavy atom. The van der Waals surface area contributed by atoms with E-state index in [9.17, 15) is 0 Å². The molecule has 0 saturated carbocycles. The minimum absolute atomic E-state index is 0.0326. The van der Waals surface area contributed by atoms with E-state index in [2.05, 4.69) is 49.2 Å². The number of aryl methyl sites for hydroxylation is 1. The van der Waals surface area contributed by atoms with Crippen molar-refractivity contribution >= 4 is 0 Å². The Morgan fingerprint density at radius 2 is 2.14 bits per heavy atom. The summed E-state index contributed by atoms with van der Waals surface area (Å²) in [4.78, 5) is 4.53. The molecule has 5 nitrogen and oxygen atoms in total. The Balaban J connectivity index is 2.54. The molecule has 0 radical (unpaired) electrons. The number of aromatic nitrogens is 3. The van der Waals surface area contributed by atoms with Crippen LogP contribution in [0.2, 0.25) is 0 Å². The van der Waals surface area contributed by atoms with Crippen LogP contribution in [0.4, 0.5) is 0 Å². The first-order chi connectivity index (χ1) is 10.1. The number of ether oxygens (including phenoxy) is 1. The molecule has 0 aliphatic rings. The van der Waals surface area contributed by atoms with Gasteiger partial charge in [-0.15, -0.1) is 0 Å². The smallest absolute Gasteiger partial charge is 0.162 e. The summed E-state index contributed by atoms with van der Waals surface area (Å²) in [5.41, 5.74) is 3.20. The van der Waals surface area contributed by atoms with Gasteiger partial charge in [-0.1, -0.05) is 6.92 Å². The van der Waals surface area contributed by atoms with Gasteiger partial charge in [-0.25, -0.2) is 0 Å². The van der Waals surface area contributed by atoms with Crippen molar-refractivity contribution in [2.24, 2.45) is 0 Å². The van der Waals surface area contributed by atoms with Gasteiger partial charge < -0.3 is 10.1 Å². The number of hydrogen-bond acceptors (Lipinski definition) is 4. The van der Waals surface area contributed by atoms with Crippen LogP contribution in [0.5, 0.6) is 5.75 Å². The van der Waals surface area contributed by atoms with Gasteiger partial charge in [0.25, 0.3) is 0 Å². The van der Waals surface area contributed by atoms with E-state index in [0.29, 0.717) is 0 Å². The van der Waals surface area contributed by atoms with Crippen molar-refractivity contribution in [3.63, 3.8) is 0 Å². The summed E-state index contributed by atoms with van der Waals surface area (Å²) in [6.45, 7) is 9.23. The molecule has 0 aromatic carbocycles. The van der Waals surface area contributed by atoms with E-state index in [1.807, 2.05) is 16.9 Å². The molecule has 0 bridgehead atoms. The van der Waals surface area contributed by atoms with Crippen LogP contribution < -0.4 is 10.1 Å². The first-order valence-corrected chi connectivity index (χ1v) is 7.35. The third kappa shape index (κ3) is 3.24. The van der Waals surface area contributed by atoms with Crippen LogP contribution in [0, 0.1) is 6.92 Å². The normalized spacial score (nSPS) is 12.7. The molecule has 0 saturated heterocycles. The highest BCUT2D eigenvalue weighted by molar-refractivity contribution is 5.35. The number of hydrogen-bond donors (Lipinski definition) is 1. The third-order valence-electron chi connectivity index (χ3n) is 3.42. The molecule has 2 aromatic heterocycles. The van der Waals surface area contributed by atoms with E-state index >= 15 is 0 Å². The van der Waals surface area contributed by atoms with Crippen molar-refractivity contribution in [1.82, 2.24) is 20.1 Å². The van der Waals surface area contributed by atoms with Crippen molar-refractivity contribution in [2.75, 3.05) is 13.7 Å². The molecule has 2 aromatic rings. The maximum Gasteiger partial charge on any atom is 0.162 e. The van der Waals surface area contributed by atoms with Gasteiger partial charge in [0.1, 0.15) is 5.69 Å². The molecular formula is C16H24N4O. The molecule has 1 unspecified atom stereocenters. The number of nitrogens with one attached hydrogen (secondary N) is 1. The predicted molar refractivity (Wildman–Crippen MR) is 83.7 cm³/mol. The van der Waals surface area contributed by atoms with Crippen molar-refractivity contribution in [1.29, 1.82) is 0 Å². The van der Waals surface area contributed by atoms with Gasteiger partial charge in [0.15, 0.2) is 5.75 Å². The van der Waals surface area contributed by atoms with Crippen LogP contribution in [-0.2, 0) is 0 Å². The highest BCUT2D eigenvalue weighted by Gasteiger charge is 2.25. The molecule has 0 aliphatic carbocycles. The zero-order valence-electron chi connectivity index (χ0n) is 13.4. The summed E-state index contributed by atoms with van der Waals surface area (Å²) in [5, 5.41) is 7.96. The first kappa shape index (κ1) is 15.5. The molecule has 2 rings (SSSR count). The Kier molecular flexibility index (Phi) is 4.96. The number of nitrogens with zero attached hydrogens (tertiary/aromatic N) is 3. The zero-order valence-corrected chi connectivity index (χ0v) is 13.4. The standard InChI is InChI=1S/C16H24N4O/c1-6-17-15(13-9-12(4)7-8-18-13)16-14(21-5)10-19-20(16)11(2)3/h7-11,15,17H,6H2,1-5H3.